The van der Waals surface area contributed by atoms with Gasteiger partial charge in [-0.25, -0.2) is 4.99 Å². The van der Waals surface area contributed by atoms with Gasteiger partial charge in [0.1, 0.15) is 12.4 Å². The quantitative estimate of drug-likeness (QED) is 0.268. The minimum atomic E-state index is 0. The first-order chi connectivity index (χ1) is 13.1. The molecule has 0 amide bonds. The second-order valence-corrected chi connectivity index (χ2v) is 7.05. The summed E-state index contributed by atoms with van der Waals surface area (Å²) < 4.78 is 1.95. The van der Waals surface area contributed by atoms with E-state index in [2.05, 4.69) is 43.4 Å². The highest BCUT2D eigenvalue weighted by atomic mass is 127. The van der Waals surface area contributed by atoms with Gasteiger partial charge >= 0.3 is 0 Å². The molecule has 28 heavy (non-hydrogen) atoms. The molecule has 0 aliphatic carbocycles. The van der Waals surface area contributed by atoms with Gasteiger partial charge in [0.2, 0.25) is 0 Å². The van der Waals surface area contributed by atoms with E-state index in [4.69, 9.17) is 11.6 Å². The molecule has 0 spiro atoms. The van der Waals surface area contributed by atoms with Crippen molar-refractivity contribution in [3.05, 3.63) is 53.6 Å². The molecule has 152 valence electrons. The summed E-state index contributed by atoms with van der Waals surface area (Å²) in [5.74, 6) is 2.47. The van der Waals surface area contributed by atoms with E-state index in [0.717, 1.165) is 47.8 Å². The van der Waals surface area contributed by atoms with Crippen molar-refractivity contribution in [2.45, 2.75) is 25.9 Å². The number of aliphatic imine (C=N–C) groups is 1. The van der Waals surface area contributed by atoms with Crippen LogP contribution in [0.5, 0.6) is 0 Å². The van der Waals surface area contributed by atoms with Gasteiger partial charge in [-0.1, -0.05) is 23.7 Å². The maximum absolute atomic E-state index is 6.12. The number of hydrogen-bond donors (Lipinski definition) is 2. The van der Waals surface area contributed by atoms with Crippen LogP contribution in [0, 0.1) is 6.92 Å². The van der Waals surface area contributed by atoms with Crippen LogP contribution in [-0.2, 0) is 13.6 Å². The molecular weight excluding hydrogens is 489 g/mol. The van der Waals surface area contributed by atoms with Gasteiger partial charge in [-0.3, -0.25) is 0 Å². The zero-order valence-corrected chi connectivity index (χ0v) is 19.3. The summed E-state index contributed by atoms with van der Waals surface area (Å²) in [6.07, 6.45) is 2.85. The van der Waals surface area contributed by atoms with Crippen LogP contribution in [0.15, 0.2) is 41.9 Å². The first kappa shape index (κ1) is 22.5. The van der Waals surface area contributed by atoms with E-state index in [0.29, 0.717) is 19.1 Å². The fourth-order valence-corrected chi connectivity index (χ4v) is 3.22. The monoisotopic (exact) mass is 515 g/mol. The molecule has 2 heterocycles. The van der Waals surface area contributed by atoms with Gasteiger partial charge in [-0.15, -0.1) is 40.8 Å². The Kier molecular flexibility index (Phi) is 8.56. The van der Waals surface area contributed by atoms with Crippen molar-refractivity contribution < 1.29 is 0 Å². The third-order valence-electron chi connectivity index (χ3n) is 4.68. The zero-order valence-electron chi connectivity index (χ0n) is 16.2. The van der Waals surface area contributed by atoms with Crippen molar-refractivity contribution in [1.29, 1.82) is 0 Å². The normalized spacial score (nSPS) is 16.6. The van der Waals surface area contributed by atoms with E-state index in [1.807, 2.05) is 42.8 Å². The summed E-state index contributed by atoms with van der Waals surface area (Å²) >= 11 is 6.12. The third-order valence-corrected chi connectivity index (χ3v) is 4.91. The molecule has 1 saturated heterocycles. The van der Waals surface area contributed by atoms with Gasteiger partial charge in [-0.05, 0) is 31.5 Å². The molecule has 1 aromatic heterocycles. The molecular formula is C19H27ClIN7. The SMILES string of the molecule is C=CCNC(=NCc1nnc(C)n1C)NC1CCN(c2cccc(Cl)c2)C1.I. The number of hydrogen-bond acceptors (Lipinski definition) is 4. The number of halogens is 2. The van der Waals surface area contributed by atoms with Crippen molar-refractivity contribution in [3.8, 4) is 0 Å². The highest BCUT2D eigenvalue weighted by molar-refractivity contribution is 14.0. The lowest BCUT2D eigenvalue weighted by atomic mass is 10.2. The smallest absolute Gasteiger partial charge is 0.192 e. The van der Waals surface area contributed by atoms with Gasteiger partial charge in [0.25, 0.3) is 0 Å². The molecule has 0 saturated carbocycles. The fourth-order valence-electron chi connectivity index (χ4n) is 3.04. The van der Waals surface area contributed by atoms with Crippen LogP contribution in [0.3, 0.4) is 0 Å². The van der Waals surface area contributed by atoms with Crippen molar-refractivity contribution >= 4 is 47.2 Å². The zero-order chi connectivity index (χ0) is 19.2. The fraction of sp³-hybridized carbons (Fsp3) is 0.421. The molecule has 1 unspecified atom stereocenters. The molecule has 1 aliphatic rings. The number of nitrogens with zero attached hydrogens (tertiary/aromatic N) is 5. The maximum Gasteiger partial charge on any atom is 0.192 e. The lowest BCUT2D eigenvalue weighted by Crippen LogP contribution is -2.44. The Hall–Kier alpha value is -1.81. The highest BCUT2D eigenvalue weighted by Gasteiger charge is 2.23. The molecule has 3 rings (SSSR count). The standard InChI is InChI=1S/C19H26ClN7.HI/c1-4-9-21-19(22-12-18-25-24-14(2)26(18)3)23-16-8-10-27(13-16)17-7-5-6-15(20)11-17;/h4-7,11,16H,1,8-10,12-13H2,2-3H3,(H2,21,22,23);1H. The van der Waals surface area contributed by atoms with Crippen LogP contribution in [0.25, 0.3) is 0 Å². The predicted molar refractivity (Wildman–Crippen MR) is 126 cm³/mol. The van der Waals surface area contributed by atoms with E-state index >= 15 is 0 Å². The number of anilines is 1. The summed E-state index contributed by atoms with van der Waals surface area (Å²) in [5.41, 5.74) is 1.15. The highest BCUT2D eigenvalue weighted by Crippen LogP contribution is 2.23. The van der Waals surface area contributed by atoms with Gasteiger partial charge in [-0.2, -0.15) is 0 Å². The molecule has 2 N–H and O–H groups in total. The number of guanidine groups is 1. The Labute approximate surface area is 188 Å². The largest absolute Gasteiger partial charge is 0.369 e. The van der Waals surface area contributed by atoms with E-state index in [1.165, 1.54) is 0 Å². The molecule has 9 heteroatoms. The summed E-state index contributed by atoms with van der Waals surface area (Å²) in [6.45, 7) is 8.69. The van der Waals surface area contributed by atoms with Gasteiger partial charge < -0.3 is 20.1 Å². The van der Waals surface area contributed by atoms with Crippen LogP contribution in [0.1, 0.15) is 18.1 Å². The maximum atomic E-state index is 6.12. The van der Waals surface area contributed by atoms with Gasteiger partial charge in [0, 0.05) is 43.4 Å². The first-order valence-corrected chi connectivity index (χ1v) is 9.45. The van der Waals surface area contributed by atoms with Crippen LogP contribution >= 0.6 is 35.6 Å². The molecule has 1 aromatic carbocycles. The number of rotatable bonds is 6. The van der Waals surface area contributed by atoms with Crippen LogP contribution in [0.4, 0.5) is 5.69 Å². The van der Waals surface area contributed by atoms with Gasteiger partial charge in [0.05, 0.1) is 0 Å². The molecule has 7 nitrogen and oxygen atoms in total. The Morgan fingerprint density at radius 1 is 1.43 bits per heavy atom. The second kappa shape index (κ2) is 10.7. The second-order valence-electron chi connectivity index (χ2n) is 6.61. The molecule has 0 radical (unpaired) electrons. The van der Waals surface area contributed by atoms with Gasteiger partial charge in [0.15, 0.2) is 11.8 Å². The topological polar surface area (TPSA) is 70.4 Å². The number of benzene rings is 1. The first-order valence-electron chi connectivity index (χ1n) is 9.08. The summed E-state index contributed by atoms with van der Waals surface area (Å²) in [7, 11) is 1.95. The molecule has 1 atom stereocenters. The number of aromatic nitrogens is 3. The molecule has 0 bridgehead atoms. The van der Waals surface area contributed by atoms with Crippen LogP contribution in [-0.4, -0.2) is 46.4 Å². The molecule has 1 fully saturated rings. The van der Waals surface area contributed by atoms with E-state index in [1.54, 1.807) is 0 Å². The lowest BCUT2D eigenvalue weighted by Gasteiger charge is -2.20. The average molecular weight is 516 g/mol. The lowest BCUT2D eigenvalue weighted by molar-refractivity contribution is 0.649. The van der Waals surface area contributed by atoms with Crippen LogP contribution in [0.2, 0.25) is 5.02 Å². The Morgan fingerprint density at radius 2 is 2.25 bits per heavy atom. The predicted octanol–water partition coefficient (Wildman–Crippen LogP) is 2.90. The summed E-state index contributed by atoms with van der Waals surface area (Å²) in [6, 6.07) is 8.29. The minimum Gasteiger partial charge on any atom is -0.369 e. The van der Waals surface area contributed by atoms with Crippen molar-refractivity contribution in [3.63, 3.8) is 0 Å². The van der Waals surface area contributed by atoms with Crippen molar-refractivity contribution in [2.75, 3.05) is 24.5 Å². The number of aryl methyl sites for hydroxylation is 1. The van der Waals surface area contributed by atoms with E-state index in [-0.39, 0.29) is 24.0 Å². The minimum absolute atomic E-state index is 0. The Bertz CT molecular complexity index is 820. The Balaban J connectivity index is 0.00000280. The Morgan fingerprint density at radius 3 is 2.93 bits per heavy atom. The number of nitrogens with one attached hydrogen (secondary N) is 2. The summed E-state index contributed by atoms with van der Waals surface area (Å²) in [5, 5.41) is 15.8. The van der Waals surface area contributed by atoms with Crippen LogP contribution < -0.4 is 15.5 Å². The van der Waals surface area contributed by atoms with E-state index < -0.39 is 0 Å². The summed E-state index contributed by atoms with van der Waals surface area (Å²) in [4.78, 5) is 7.00. The third kappa shape index (κ3) is 5.84. The van der Waals surface area contributed by atoms with E-state index in [9.17, 15) is 0 Å². The van der Waals surface area contributed by atoms with Crippen molar-refractivity contribution in [1.82, 2.24) is 25.4 Å². The van der Waals surface area contributed by atoms with Crippen molar-refractivity contribution in [2.24, 2.45) is 12.0 Å². The average Bonchev–Trinajstić information content (AvgIpc) is 3.25. The molecule has 1 aliphatic heterocycles. The molecule has 2 aromatic rings.